The molecule has 0 bridgehead atoms. The lowest BCUT2D eigenvalue weighted by atomic mass is 10.0. The second kappa shape index (κ2) is 40.9. The maximum Gasteiger partial charge on any atom is 0.0593 e. The van der Waals surface area contributed by atoms with Gasteiger partial charge in [-0.3, -0.25) is 4.90 Å². The lowest BCUT2D eigenvalue weighted by molar-refractivity contribution is 0.0692. The van der Waals surface area contributed by atoms with Crippen LogP contribution in [0.5, 0.6) is 0 Å². The zero-order valence-electron chi connectivity index (χ0n) is 34.2. The molecular formula is C47H89NO2. The Bertz CT molecular complexity index is 698. The lowest BCUT2D eigenvalue weighted by Gasteiger charge is -2.22. The summed E-state index contributed by atoms with van der Waals surface area (Å²) in [6.45, 7) is 11.0. The third-order valence-electron chi connectivity index (χ3n) is 10.6. The Morgan fingerprint density at radius 3 is 0.920 bits per heavy atom. The Labute approximate surface area is 314 Å². The van der Waals surface area contributed by atoms with Crippen LogP contribution < -0.4 is 0 Å². The number of hydrogen-bond acceptors (Lipinski definition) is 3. The monoisotopic (exact) mass is 700 g/mol. The van der Waals surface area contributed by atoms with Crippen LogP contribution in [0.3, 0.4) is 0 Å². The number of hydrogen-bond donors (Lipinski definition) is 0. The molecule has 1 rings (SSSR count). The standard InChI is InChI=1S/C47H89NO2/c1-3-5-7-9-11-13-15-17-19-21-23-25-27-29-31-36-42-49-44-40-48(46-47-38-34-33-35-39-47)41-45-50-43-37-32-30-28-26-24-22-20-18-16-14-12-10-8-6-4-2/h33-35,38-39H,3-32,36-37,40-46H2,1-2H3. The van der Waals surface area contributed by atoms with Gasteiger partial charge in [0, 0.05) is 32.8 Å². The molecule has 0 spiro atoms. The molecule has 0 atom stereocenters. The molecule has 0 saturated heterocycles. The molecule has 0 unspecified atom stereocenters. The van der Waals surface area contributed by atoms with E-state index in [1.807, 2.05) is 0 Å². The number of ether oxygens (including phenoxy) is 2. The molecule has 0 amide bonds. The Morgan fingerprint density at radius 2 is 0.620 bits per heavy atom. The molecule has 1 aromatic rings. The van der Waals surface area contributed by atoms with Crippen LogP contribution in [0.2, 0.25) is 0 Å². The summed E-state index contributed by atoms with van der Waals surface area (Å²) in [5.41, 5.74) is 1.38. The summed E-state index contributed by atoms with van der Waals surface area (Å²) in [4.78, 5) is 2.51. The van der Waals surface area contributed by atoms with Crippen LogP contribution in [0.25, 0.3) is 0 Å². The Hall–Kier alpha value is -0.900. The topological polar surface area (TPSA) is 21.7 Å². The number of nitrogens with zero attached hydrogens (tertiary/aromatic N) is 1. The van der Waals surface area contributed by atoms with Gasteiger partial charge in [-0.05, 0) is 18.4 Å². The minimum Gasteiger partial charge on any atom is -0.380 e. The molecule has 0 heterocycles. The number of benzene rings is 1. The predicted octanol–water partition coefficient (Wildman–Crippen LogP) is 15.0. The van der Waals surface area contributed by atoms with Crippen molar-refractivity contribution in [2.75, 3.05) is 39.5 Å². The first-order valence-corrected chi connectivity index (χ1v) is 22.8. The van der Waals surface area contributed by atoms with Crippen molar-refractivity contribution in [2.24, 2.45) is 0 Å². The van der Waals surface area contributed by atoms with E-state index in [1.54, 1.807) is 0 Å². The van der Waals surface area contributed by atoms with Crippen LogP contribution in [0.15, 0.2) is 30.3 Å². The van der Waals surface area contributed by atoms with Crippen LogP contribution >= 0.6 is 0 Å². The van der Waals surface area contributed by atoms with Crippen LogP contribution in [0, 0.1) is 0 Å². The third-order valence-corrected chi connectivity index (χ3v) is 10.6. The van der Waals surface area contributed by atoms with Crippen LogP contribution in [0.1, 0.15) is 225 Å². The van der Waals surface area contributed by atoms with E-state index in [4.69, 9.17) is 9.47 Å². The fourth-order valence-electron chi connectivity index (χ4n) is 7.21. The van der Waals surface area contributed by atoms with E-state index < -0.39 is 0 Å². The zero-order valence-corrected chi connectivity index (χ0v) is 34.2. The summed E-state index contributed by atoms with van der Waals surface area (Å²) >= 11 is 0. The second-order valence-corrected chi connectivity index (χ2v) is 15.6. The molecule has 0 fully saturated rings. The largest absolute Gasteiger partial charge is 0.380 e. The molecular weight excluding hydrogens is 611 g/mol. The first kappa shape index (κ1) is 47.1. The Morgan fingerprint density at radius 1 is 0.340 bits per heavy atom. The van der Waals surface area contributed by atoms with Crippen molar-refractivity contribution in [3.8, 4) is 0 Å². The van der Waals surface area contributed by atoms with Crippen LogP contribution in [0.4, 0.5) is 0 Å². The summed E-state index contributed by atoms with van der Waals surface area (Å²) in [6, 6.07) is 10.9. The smallest absolute Gasteiger partial charge is 0.0593 e. The van der Waals surface area contributed by atoms with Crippen molar-refractivity contribution in [1.29, 1.82) is 0 Å². The molecule has 0 radical (unpaired) electrons. The second-order valence-electron chi connectivity index (χ2n) is 15.6. The molecule has 0 aromatic heterocycles. The fourth-order valence-corrected chi connectivity index (χ4v) is 7.21. The average molecular weight is 700 g/mol. The van der Waals surface area contributed by atoms with Crippen molar-refractivity contribution in [2.45, 2.75) is 226 Å². The average Bonchev–Trinajstić information content (AvgIpc) is 3.13. The number of rotatable bonds is 42. The van der Waals surface area contributed by atoms with Crippen LogP contribution in [-0.2, 0) is 16.0 Å². The van der Waals surface area contributed by atoms with Gasteiger partial charge in [0.1, 0.15) is 0 Å². The van der Waals surface area contributed by atoms with Gasteiger partial charge >= 0.3 is 0 Å². The lowest BCUT2D eigenvalue weighted by Crippen LogP contribution is -2.31. The van der Waals surface area contributed by atoms with Crippen molar-refractivity contribution in [3.05, 3.63) is 35.9 Å². The highest BCUT2D eigenvalue weighted by Gasteiger charge is 2.07. The van der Waals surface area contributed by atoms with Gasteiger partial charge in [0.05, 0.1) is 13.2 Å². The highest BCUT2D eigenvalue weighted by Crippen LogP contribution is 2.15. The number of unbranched alkanes of at least 4 members (excludes halogenated alkanes) is 30. The maximum absolute atomic E-state index is 6.08. The van der Waals surface area contributed by atoms with Gasteiger partial charge < -0.3 is 9.47 Å². The minimum absolute atomic E-state index is 0.824. The molecule has 294 valence electrons. The van der Waals surface area contributed by atoms with Gasteiger partial charge in [-0.2, -0.15) is 0 Å². The van der Waals surface area contributed by atoms with E-state index in [2.05, 4.69) is 49.1 Å². The van der Waals surface area contributed by atoms with E-state index in [1.165, 1.54) is 211 Å². The van der Waals surface area contributed by atoms with Crippen molar-refractivity contribution < 1.29 is 9.47 Å². The minimum atomic E-state index is 0.824. The van der Waals surface area contributed by atoms with Gasteiger partial charge in [-0.25, -0.2) is 0 Å². The Balaban J connectivity index is 1.93. The molecule has 0 aliphatic carbocycles. The van der Waals surface area contributed by atoms with Crippen molar-refractivity contribution >= 4 is 0 Å². The third kappa shape index (κ3) is 35.5. The molecule has 1 aromatic carbocycles. The Kier molecular flexibility index (Phi) is 38.5. The van der Waals surface area contributed by atoms with E-state index >= 15 is 0 Å². The van der Waals surface area contributed by atoms with Crippen molar-refractivity contribution in [3.63, 3.8) is 0 Å². The van der Waals surface area contributed by atoms with Crippen LogP contribution in [-0.4, -0.2) is 44.4 Å². The first-order chi connectivity index (χ1) is 24.9. The molecule has 0 aliphatic rings. The quantitative estimate of drug-likeness (QED) is 0.0634. The summed E-state index contributed by atoms with van der Waals surface area (Å²) < 4.78 is 12.2. The predicted molar refractivity (Wildman–Crippen MR) is 222 cm³/mol. The van der Waals surface area contributed by atoms with E-state index in [0.29, 0.717) is 0 Å². The molecule has 3 heteroatoms. The summed E-state index contributed by atoms with van der Waals surface area (Å²) in [5, 5.41) is 0. The van der Waals surface area contributed by atoms with Gasteiger partial charge in [-0.15, -0.1) is 0 Å². The van der Waals surface area contributed by atoms with Crippen molar-refractivity contribution in [1.82, 2.24) is 4.90 Å². The maximum atomic E-state index is 6.08. The molecule has 0 saturated carbocycles. The van der Waals surface area contributed by atoms with Gasteiger partial charge in [0.2, 0.25) is 0 Å². The first-order valence-electron chi connectivity index (χ1n) is 22.8. The van der Waals surface area contributed by atoms with Gasteiger partial charge in [-0.1, -0.05) is 237 Å². The summed E-state index contributed by atoms with van der Waals surface area (Å²) in [6.07, 6.45) is 45.2. The highest BCUT2D eigenvalue weighted by atomic mass is 16.5. The van der Waals surface area contributed by atoms with E-state index in [9.17, 15) is 0 Å². The SMILES string of the molecule is CCCCCCCCCCCCCCCCCCOCCN(CCOCCCCCCCCCCCCCCCCCC)Cc1ccccc1. The molecule has 50 heavy (non-hydrogen) atoms. The van der Waals surface area contributed by atoms with Gasteiger partial charge in [0.15, 0.2) is 0 Å². The van der Waals surface area contributed by atoms with Gasteiger partial charge in [0.25, 0.3) is 0 Å². The molecule has 0 aliphatic heterocycles. The highest BCUT2D eigenvalue weighted by molar-refractivity contribution is 5.14. The fraction of sp³-hybridized carbons (Fsp3) is 0.872. The van der Waals surface area contributed by atoms with E-state index in [-0.39, 0.29) is 0 Å². The van der Waals surface area contributed by atoms with E-state index in [0.717, 1.165) is 46.1 Å². The molecule has 0 N–H and O–H groups in total. The normalized spacial score (nSPS) is 11.7. The zero-order chi connectivity index (χ0) is 35.7. The molecule has 3 nitrogen and oxygen atoms in total. The summed E-state index contributed by atoms with van der Waals surface area (Å²) in [5.74, 6) is 0. The summed E-state index contributed by atoms with van der Waals surface area (Å²) in [7, 11) is 0.